The Morgan fingerprint density at radius 3 is 2.71 bits per heavy atom. The fourth-order valence-corrected chi connectivity index (χ4v) is 1.94. The van der Waals surface area contributed by atoms with Crippen molar-refractivity contribution in [3.8, 4) is 0 Å². The van der Waals surface area contributed by atoms with Gasteiger partial charge in [0.25, 0.3) is 0 Å². The summed E-state index contributed by atoms with van der Waals surface area (Å²) in [7, 11) is 0. The van der Waals surface area contributed by atoms with Gasteiger partial charge in [-0.2, -0.15) is 0 Å². The highest BCUT2D eigenvalue weighted by atomic mass is 15.2. The standard InChI is InChI=1S/C11H17N3/c1-8-5-6-10(7-13-8)11(14-12)9-3-2-4-9/h5-7,9,11,14H,2-4,12H2,1H3. The van der Waals surface area contributed by atoms with Gasteiger partial charge in [0.2, 0.25) is 0 Å². The Morgan fingerprint density at radius 1 is 1.50 bits per heavy atom. The van der Waals surface area contributed by atoms with Crippen LogP contribution in [-0.4, -0.2) is 4.98 Å². The molecule has 1 aromatic heterocycles. The molecular weight excluding hydrogens is 174 g/mol. The molecule has 0 aromatic carbocycles. The first-order valence-corrected chi connectivity index (χ1v) is 5.20. The molecule has 3 nitrogen and oxygen atoms in total. The van der Waals surface area contributed by atoms with E-state index in [9.17, 15) is 0 Å². The number of hydrazine groups is 1. The second-order valence-electron chi connectivity index (χ2n) is 4.07. The Kier molecular flexibility index (Phi) is 2.79. The zero-order chi connectivity index (χ0) is 9.97. The van der Waals surface area contributed by atoms with Gasteiger partial charge in [-0.05, 0) is 37.3 Å². The van der Waals surface area contributed by atoms with Gasteiger partial charge in [0, 0.05) is 11.9 Å². The first-order valence-electron chi connectivity index (χ1n) is 5.20. The monoisotopic (exact) mass is 191 g/mol. The zero-order valence-electron chi connectivity index (χ0n) is 8.53. The maximum atomic E-state index is 5.58. The maximum Gasteiger partial charge on any atom is 0.0503 e. The molecule has 76 valence electrons. The van der Waals surface area contributed by atoms with Crippen LogP contribution in [0.2, 0.25) is 0 Å². The van der Waals surface area contributed by atoms with E-state index in [0.29, 0.717) is 5.92 Å². The summed E-state index contributed by atoms with van der Waals surface area (Å²) in [6, 6.07) is 4.45. The van der Waals surface area contributed by atoms with Gasteiger partial charge in [-0.15, -0.1) is 0 Å². The van der Waals surface area contributed by atoms with Gasteiger partial charge in [0.1, 0.15) is 0 Å². The van der Waals surface area contributed by atoms with E-state index in [4.69, 9.17) is 5.84 Å². The minimum Gasteiger partial charge on any atom is -0.271 e. The second kappa shape index (κ2) is 4.07. The number of aryl methyl sites for hydroxylation is 1. The fraction of sp³-hybridized carbons (Fsp3) is 0.545. The van der Waals surface area contributed by atoms with Crippen LogP contribution in [0.4, 0.5) is 0 Å². The van der Waals surface area contributed by atoms with Gasteiger partial charge in [-0.1, -0.05) is 12.5 Å². The van der Waals surface area contributed by atoms with E-state index in [1.54, 1.807) is 0 Å². The zero-order valence-corrected chi connectivity index (χ0v) is 8.53. The molecule has 0 amide bonds. The molecule has 0 aliphatic heterocycles. The Hall–Kier alpha value is -0.930. The van der Waals surface area contributed by atoms with E-state index in [2.05, 4.69) is 16.5 Å². The summed E-state index contributed by atoms with van der Waals surface area (Å²) < 4.78 is 0. The number of pyridine rings is 1. The SMILES string of the molecule is Cc1ccc(C(NN)C2CCC2)cn1. The van der Waals surface area contributed by atoms with Crippen LogP contribution in [0.25, 0.3) is 0 Å². The molecule has 1 fully saturated rings. The summed E-state index contributed by atoms with van der Waals surface area (Å²) in [5.41, 5.74) is 5.16. The highest BCUT2D eigenvalue weighted by Crippen LogP contribution is 2.36. The molecule has 1 aromatic rings. The molecular formula is C11H17N3. The molecule has 3 heteroatoms. The van der Waals surface area contributed by atoms with E-state index in [1.807, 2.05) is 19.2 Å². The van der Waals surface area contributed by atoms with Gasteiger partial charge in [0.05, 0.1) is 6.04 Å². The number of rotatable bonds is 3. The lowest BCUT2D eigenvalue weighted by Crippen LogP contribution is -2.36. The molecule has 1 aliphatic carbocycles. The summed E-state index contributed by atoms with van der Waals surface area (Å²) in [6.07, 6.45) is 5.83. The molecule has 1 atom stereocenters. The van der Waals surface area contributed by atoms with Crippen molar-refractivity contribution in [3.05, 3.63) is 29.6 Å². The second-order valence-corrected chi connectivity index (χ2v) is 4.07. The van der Waals surface area contributed by atoms with Gasteiger partial charge < -0.3 is 0 Å². The third-order valence-corrected chi connectivity index (χ3v) is 3.09. The van der Waals surface area contributed by atoms with E-state index in [-0.39, 0.29) is 6.04 Å². The number of nitrogens with two attached hydrogens (primary N) is 1. The summed E-state index contributed by atoms with van der Waals surface area (Å²) in [6.45, 7) is 2.00. The lowest BCUT2D eigenvalue weighted by atomic mass is 9.78. The number of aromatic nitrogens is 1. The predicted octanol–water partition coefficient (Wildman–Crippen LogP) is 1.69. The summed E-state index contributed by atoms with van der Waals surface area (Å²) in [5, 5.41) is 0. The first-order chi connectivity index (χ1) is 6.81. The molecule has 1 aliphatic rings. The highest BCUT2D eigenvalue weighted by Gasteiger charge is 2.27. The van der Waals surface area contributed by atoms with Gasteiger partial charge in [-0.25, -0.2) is 0 Å². The third kappa shape index (κ3) is 1.79. The van der Waals surface area contributed by atoms with Crippen molar-refractivity contribution >= 4 is 0 Å². The lowest BCUT2D eigenvalue weighted by Gasteiger charge is -2.33. The van der Waals surface area contributed by atoms with Crippen LogP contribution >= 0.6 is 0 Å². The van der Waals surface area contributed by atoms with Crippen LogP contribution in [0.1, 0.15) is 36.6 Å². The largest absolute Gasteiger partial charge is 0.271 e. The quantitative estimate of drug-likeness (QED) is 0.564. The van der Waals surface area contributed by atoms with E-state index < -0.39 is 0 Å². The maximum absolute atomic E-state index is 5.58. The van der Waals surface area contributed by atoms with Gasteiger partial charge >= 0.3 is 0 Å². The Bertz CT molecular complexity index is 290. The topological polar surface area (TPSA) is 50.9 Å². The summed E-state index contributed by atoms with van der Waals surface area (Å²) in [5.74, 6) is 6.27. The Labute approximate surface area is 84.7 Å². The Morgan fingerprint density at radius 2 is 2.29 bits per heavy atom. The molecule has 14 heavy (non-hydrogen) atoms. The molecule has 3 N–H and O–H groups in total. The molecule has 1 unspecified atom stereocenters. The molecule has 1 saturated carbocycles. The smallest absolute Gasteiger partial charge is 0.0503 e. The fourth-order valence-electron chi connectivity index (χ4n) is 1.94. The highest BCUT2D eigenvalue weighted by molar-refractivity contribution is 5.18. The number of hydrogen-bond acceptors (Lipinski definition) is 3. The molecule has 1 heterocycles. The van der Waals surface area contributed by atoms with Gasteiger partial charge in [0.15, 0.2) is 0 Å². The van der Waals surface area contributed by atoms with Crippen molar-refractivity contribution in [3.63, 3.8) is 0 Å². The average Bonchev–Trinajstić information content (AvgIpc) is 2.13. The van der Waals surface area contributed by atoms with Crippen molar-refractivity contribution < 1.29 is 0 Å². The van der Waals surface area contributed by atoms with E-state index >= 15 is 0 Å². The number of hydrogen-bond donors (Lipinski definition) is 2. The third-order valence-electron chi connectivity index (χ3n) is 3.09. The van der Waals surface area contributed by atoms with Crippen LogP contribution < -0.4 is 11.3 Å². The lowest BCUT2D eigenvalue weighted by molar-refractivity contribution is 0.232. The molecule has 0 spiro atoms. The van der Waals surface area contributed by atoms with Crippen LogP contribution in [0.15, 0.2) is 18.3 Å². The molecule has 2 rings (SSSR count). The summed E-state index contributed by atoms with van der Waals surface area (Å²) >= 11 is 0. The number of nitrogens with zero attached hydrogens (tertiary/aromatic N) is 1. The van der Waals surface area contributed by atoms with Gasteiger partial charge in [-0.3, -0.25) is 16.3 Å². The minimum atomic E-state index is 0.289. The predicted molar refractivity (Wildman–Crippen MR) is 56.4 cm³/mol. The van der Waals surface area contributed by atoms with Crippen LogP contribution in [0.5, 0.6) is 0 Å². The molecule has 0 saturated heterocycles. The first kappa shape index (κ1) is 9.62. The van der Waals surface area contributed by atoms with E-state index in [0.717, 1.165) is 5.69 Å². The normalized spacial score (nSPS) is 19.0. The van der Waals surface area contributed by atoms with Crippen molar-refractivity contribution in [2.24, 2.45) is 11.8 Å². The van der Waals surface area contributed by atoms with Crippen molar-refractivity contribution in [1.29, 1.82) is 0 Å². The van der Waals surface area contributed by atoms with Crippen LogP contribution in [0, 0.1) is 12.8 Å². The van der Waals surface area contributed by atoms with Crippen molar-refractivity contribution in [2.45, 2.75) is 32.2 Å². The summed E-state index contributed by atoms with van der Waals surface area (Å²) in [4.78, 5) is 4.29. The Balaban J connectivity index is 2.14. The van der Waals surface area contributed by atoms with Crippen LogP contribution in [0.3, 0.4) is 0 Å². The average molecular weight is 191 g/mol. The number of nitrogens with one attached hydrogen (secondary N) is 1. The molecule has 0 bridgehead atoms. The van der Waals surface area contributed by atoms with E-state index in [1.165, 1.54) is 24.8 Å². The molecule has 0 radical (unpaired) electrons. The van der Waals surface area contributed by atoms with Crippen molar-refractivity contribution in [1.82, 2.24) is 10.4 Å². The minimum absolute atomic E-state index is 0.289. The van der Waals surface area contributed by atoms with Crippen molar-refractivity contribution in [2.75, 3.05) is 0 Å². The van der Waals surface area contributed by atoms with Crippen LogP contribution in [-0.2, 0) is 0 Å².